The van der Waals surface area contributed by atoms with Crippen molar-refractivity contribution >= 4 is 21.7 Å². The molecule has 0 aliphatic heterocycles. The molecule has 0 radical (unpaired) electrons. The number of nitrogens with one attached hydrogen (secondary N) is 1. The number of hydrogen-bond acceptors (Lipinski definition) is 5. The van der Waals surface area contributed by atoms with E-state index in [1.165, 1.54) is 0 Å². The van der Waals surface area contributed by atoms with Crippen molar-refractivity contribution < 1.29 is 0 Å². The van der Waals surface area contributed by atoms with Crippen LogP contribution in [0.2, 0.25) is 0 Å². The Labute approximate surface area is 148 Å². The van der Waals surface area contributed by atoms with Gasteiger partial charge in [0, 0.05) is 40.6 Å². The first kappa shape index (κ1) is 16.1. The summed E-state index contributed by atoms with van der Waals surface area (Å²) >= 11 is 3.44. The number of rotatable bonds is 5. The maximum Gasteiger partial charge on any atom is 0.162 e. The van der Waals surface area contributed by atoms with E-state index in [1.807, 2.05) is 42.5 Å². The van der Waals surface area contributed by atoms with Crippen LogP contribution in [0.5, 0.6) is 0 Å². The van der Waals surface area contributed by atoms with E-state index in [1.54, 1.807) is 12.4 Å². The van der Waals surface area contributed by atoms with Gasteiger partial charge in [0.05, 0.1) is 18.2 Å². The molecular weight excluding hydrogens is 366 g/mol. The van der Waals surface area contributed by atoms with Gasteiger partial charge in [0.2, 0.25) is 0 Å². The maximum atomic E-state index is 8.70. The van der Waals surface area contributed by atoms with E-state index in [4.69, 9.17) is 5.26 Å². The molecule has 0 fully saturated rings. The molecule has 6 heteroatoms. The zero-order valence-electron chi connectivity index (χ0n) is 12.8. The number of anilines is 1. The van der Waals surface area contributed by atoms with Crippen LogP contribution in [-0.2, 0) is 0 Å². The van der Waals surface area contributed by atoms with Crippen molar-refractivity contribution in [1.29, 1.82) is 5.26 Å². The Bertz CT molecular complexity index is 874. The highest BCUT2D eigenvalue weighted by Gasteiger charge is 2.09. The van der Waals surface area contributed by atoms with E-state index >= 15 is 0 Å². The number of hydrogen-bond donors (Lipinski definition) is 1. The average Bonchev–Trinajstić information content (AvgIpc) is 2.62. The molecule has 2 heterocycles. The normalized spacial score (nSPS) is 10.2. The van der Waals surface area contributed by atoms with E-state index in [2.05, 4.69) is 42.3 Å². The molecular formula is C18H14BrN5. The van der Waals surface area contributed by atoms with E-state index < -0.39 is 0 Å². The van der Waals surface area contributed by atoms with Gasteiger partial charge in [0.1, 0.15) is 5.82 Å². The molecule has 1 aromatic carbocycles. The molecule has 118 valence electrons. The van der Waals surface area contributed by atoms with Crippen molar-refractivity contribution in [2.45, 2.75) is 6.42 Å². The minimum atomic E-state index is 0.415. The Morgan fingerprint density at radius 1 is 1.04 bits per heavy atom. The molecule has 0 spiro atoms. The van der Waals surface area contributed by atoms with Crippen LogP contribution in [0.25, 0.3) is 22.6 Å². The largest absolute Gasteiger partial charge is 0.369 e. The SMILES string of the molecule is N#CCCNc1cc(-c2cncc(Br)c2)nc(-c2ccccc2)n1. The average molecular weight is 380 g/mol. The number of aromatic nitrogens is 3. The first-order valence-electron chi connectivity index (χ1n) is 7.42. The quantitative estimate of drug-likeness (QED) is 0.669. The highest BCUT2D eigenvalue weighted by Crippen LogP contribution is 2.25. The molecule has 5 nitrogen and oxygen atoms in total. The highest BCUT2D eigenvalue weighted by atomic mass is 79.9. The van der Waals surface area contributed by atoms with Crippen LogP contribution < -0.4 is 5.32 Å². The van der Waals surface area contributed by atoms with Gasteiger partial charge >= 0.3 is 0 Å². The van der Waals surface area contributed by atoms with E-state index in [9.17, 15) is 0 Å². The van der Waals surface area contributed by atoms with E-state index in [0.29, 0.717) is 24.6 Å². The zero-order chi connectivity index (χ0) is 16.8. The van der Waals surface area contributed by atoms with Gasteiger partial charge in [-0.2, -0.15) is 5.26 Å². The van der Waals surface area contributed by atoms with Crippen LogP contribution in [0.3, 0.4) is 0 Å². The Balaban J connectivity index is 2.04. The number of halogens is 1. The van der Waals surface area contributed by atoms with Gasteiger partial charge in [-0.25, -0.2) is 9.97 Å². The molecule has 0 bridgehead atoms. The van der Waals surface area contributed by atoms with Crippen LogP contribution in [0.1, 0.15) is 6.42 Å². The molecule has 0 atom stereocenters. The molecule has 24 heavy (non-hydrogen) atoms. The lowest BCUT2D eigenvalue weighted by atomic mass is 10.1. The fraction of sp³-hybridized carbons (Fsp3) is 0.111. The smallest absolute Gasteiger partial charge is 0.162 e. The first-order chi connectivity index (χ1) is 11.8. The van der Waals surface area contributed by atoms with Crippen molar-refractivity contribution in [2.75, 3.05) is 11.9 Å². The molecule has 2 aromatic heterocycles. The zero-order valence-corrected chi connectivity index (χ0v) is 14.4. The minimum absolute atomic E-state index is 0.415. The van der Waals surface area contributed by atoms with Crippen molar-refractivity contribution in [3.05, 3.63) is 59.3 Å². The fourth-order valence-corrected chi connectivity index (χ4v) is 2.57. The van der Waals surface area contributed by atoms with Gasteiger partial charge in [-0.15, -0.1) is 0 Å². The Morgan fingerprint density at radius 3 is 2.62 bits per heavy atom. The number of benzene rings is 1. The lowest BCUT2D eigenvalue weighted by molar-refractivity contribution is 1.05. The van der Waals surface area contributed by atoms with Crippen LogP contribution in [0, 0.1) is 11.3 Å². The van der Waals surface area contributed by atoms with E-state index in [0.717, 1.165) is 21.3 Å². The summed E-state index contributed by atoms with van der Waals surface area (Å²) in [5.74, 6) is 1.32. The van der Waals surface area contributed by atoms with Crippen molar-refractivity contribution in [2.24, 2.45) is 0 Å². The molecule has 1 N–H and O–H groups in total. The second-order valence-corrected chi connectivity index (χ2v) is 5.97. The summed E-state index contributed by atoms with van der Waals surface area (Å²) in [6.07, 6.45) is 3.91. The summed E-state index contributed by atoms with van der Waals surface area (Å²) in [5.41, 5.74) is 2.61. The van der Waals surface area contributed by atoms with Crippen LogP contribution in [0.15, 0.2) is 59.3 Å². The first-order valence-corrected chi connectivity index (χ1v) is 8.22. The minimum Gasteiger partial charge on any atom is -0.369 e. The molecule has 3 rings (SSSR count). The van der Waals surface area contributed by atoms with Gasteiger partial charge in [0.25, 0.3) is 0 Å². The predicted molar refractivity (Wildman–Crippen MR) is 97.1 cm³/mol. The molecule has 3 aromatic rings. The van der Waals surface area contributed by atoms with Crippen LogP contribution >= 0.6 is 15.9 Å². The van der Waals surface area contributed by atoms with Crippen LogP contribution in [-0.4, -0.2) is 21.5 Å². The van der Waals surface area contributed by atoms with E-state index in [-0.39, 0.29) is 0 Å². The standard InChI is InChI=1S/C18H14BrN5/c19-15-9-14(11-21-12-15)16-10-17(22-8-4-7-20)24-18(23-16)13-5-2-1-3-6-13/h1-3,5-6,9-12H,4,8H2,(H,22,23,24). The van der Waals surface area contributed by atoms with Crippen LogP contribution in [0.4, 0.5) is 5.82 Å². The monoisotopic (exact) mass is 379 g/mol. The highest BCUT2D eigenvalue weighted by molar-refractivity contribution is 9.10. The second-order valence-electron chi connectivity index (χ2n) is 5.05. The summed E-state index contributed by atoms with van der Waals surface area (Å²) < 4.78 is 0.888. The fourth-order valence-electron chi connectivity index (χ4n) is 2.20. The summed E-state index contributed by atoms with van der Waals surface area (Å²) in [4.78, 5) is 13.4. The van der Waals surface area contributed by atoms with Crippen molar-refractivity contribution in [3.63, 3.8) is 0 Å². The van der Waals surface area contributed by atoms with Gasteiger partial charge in [0.15, 0.2) is 5.82 Å². The van der Waals surface area contributed by atoms with Crippen molar-refractivity contribution in [1.82, 2.24) is 15.0 Å². The van der Waals surface area contributed by atoms with Gasteiger partial charge < -0.3 is 5.32 Å². The third kappa shape index (κ3) is 3.94. The Morgan fingerprint density at radius 2 is 1.88 bits per heavy atom. The lowest BCUT2D eigenvalue weighted by Gasteiger charge is -2.10. The topological polar surface area (TPSA) is 74.5 Å². The third-order valence-electron chi connectivity index (χ3n) is 3.30. The maximum absolute atomic E-state index is 8.70. The molecule has 0 aliphatic carbocycles. The Kier molecular flexibility index (Phi) is 5.14. The number of nitrogens with zero attached hydrogens (tertiary/aromatic N) is 4. The molecule has 0 aliphatic rings. The number of pyridine rings is 1. The summed E-state index contributed by atoms with van der Waals surface area (Å²) in [7, 11) is 0. The third-order valence-corrected chi connectivity index (χ3v) is 3.74. The summed E-state index contributed by atoms with van der Waals surface area (Å²) in [6, 6.07) is 15.7. The molecule has 0 amide bonds. The van der Waals surface area contributed by atoms with Gasteiger partial charge in [-0.05, 0) is 22.0 Å². The molecule has 0 saturated heterocycles. The van der Waals surface area contributed by atoms with Crippen molar-refractivity contribution in [3.8, 4) is 28.7 Å². The van der Waals surface area contributed by atoms with Gasteiger partial charge in [-0.1, -0.05) is 30.3 Å². The Hall–Kier alpha value is -2.78. The predicted octanol–water partition coefficient (Wildman–Crippen LogP) is 4.29. The van der Waals surface area contributed by atoms with Gasteiger partial charge in [-0.3, -0.25) is 4.98 Å². The summed E-state index contributed by atoms with van der Waals surface area (Å²) in [6.45, 7) is 0.540. The lowest BCUT2D eigenvalue weighted by Crippen LogP contribution is -2.05. The molecule has 0 unspecified atom stereocenters. The number of nitriles is 1. The summed E-state index contributed by atoms with van der Waals surface area (Å²) in [5, 5.41) is 11.9. The second kappa shape index (κ2) is 7.66. The molecule has 0 saturated carbocycles.